The summed E-state index contributed by atoms with van der Waals surface area (Å²) in [6.07, 6.45) is 1.47. The molecule has 0 spiro atoms. The number of hydrogen-bond donors (Lipinski definition) is 0. The van der Waals surface area contributed by atoms with Crippen LogP contribution in [0.5, 0.6) is 0 Å². The molecule has 1 heterocycles. The first-order valence-electron chi connectivity index (χ1n) is 3.82. The van der Waals surface area contributed by atoms with E-state index in [1.807, 2.05) is 0 Å². The third-order valence-electron chi connectivity index (χ3n) is 1.98. The highest BCUT2D eigenvalue weighted by molar-refractivity contribution is 5.94. The van der Waals surface area contributed by atoms with Gasteiger partial charge in [-0.15, -0.1) is 0 Å². The van der Waals surface area contributed by atoms with Gasteiger partial charge in [0.2, 0.25) is 0 Å². The van der Waals surface area contributed by atoms with Gasteiger partial charge in [0.15, 0.2) is 0 Å². The van der Waals surface area contributed by atoms with E-state index in [-0.39, 0.29) is 11.7 Å². The fourth-order valence-electron chi connectivity index (χ4n) is 1.20. The summed E-state index contributed by atoms with van der Waals surface area (Å²) >= 11 is 0. The van der Waals surface area contributed by atoms with Gasteiger partial charge in [-0.2, -0.15) is 0 Å². The molecule has 0 radical (unpaired) electrons. The fraction of sp³-hybridized carbons (Fsp3) is 0.750. The van der Waals surface area contributed by atoms with E-state index in [0.717, 1.165) is 6.42 Å². The van der Waals surface area contributed by atoms with Crippen molar-refractivity contribution in [2.24, 2.45) is 11.8 Å². The summed E-state index contributed by atoms with van der Waals surface area (Å²) in [6.45, 7) is 2.78. The van der Waals surface area contributed by atoms with Crippen molar-refractivity contribution in [3.05, 3.63) is 0 Å². The van der Waals surface area contributed by atoms with Gasteiger partial charge in [0.1, 0.15) is 12.1 Å². The van der Waals surface area contributed by atoms with Crippen LogP contribution < -0.4 is 0 Å². The van der Waals surface area contributed by atoms with Gasteiger partial charge in [-0.1, -0.05) is 0 Å². The molecule has 0 saturated carbocycles. The van der Waals surface area contributed by atoms with Crippen LogP contribution in [0.2, 0.25) is 0 Å². The third-order valence-corrected chi connectivity index (χ3v) is 1.98. The fourth-order valence-corrected chi connectivity index (χ4v) is 1.20. The van der Waals surface area contributed by atoms with Crippen molar-refractivity contribution < 1.29 is 14.3 Å². The minimum atomic E-state index is -0.457. The maximum atomic E-state index is 11.3. The Morgan fingerprint density at radius 3 is 2.91 bits per heavy atom. The molecule has 3 nitrogen and oxygen atoms in total. The van der Waals surface area contributed by atoms with E-state index in [9.17, 15) is 9.59 Å². The maximum Gasteiger partial charge on any atom is 0.148 e. The predicted molar refractivity (Wildman–Crippen MR) is 39.2 cm³/mol. The van der Waals surface area contributed by atoms with E-state index >= 15 is 0 Å². The molecular weight excluding hydrogens is 144 g/mol. The number of Topliss-reactive ketones (excluding diaryl/α,β-unsaturated/α-hetero) is 1. The molecule has 0 aromatic rings. The molecule has 0 N–H and O–H groups in total. The normalized spacial score (nSPS) is 26.5. The highest BCUT2D eigenvalue weighted by Gasteiger charge is 2.26. The van der Waals surface area contributed by atoms with Crippen LogP contribution >= 0.6 is 0 Å². The van der Waals surface area contributed by atoms with Gasteiger partial charge in [0.25, 0.3) is 0 Å². The summed E-state index contributed by atoms with van der Waals surface area (Å²) in [6, 6.07) is 0. The zero-order chi connectivity index (χ0) is 8.27. The number of ketones is 1. The zero-order valence-electron chi connectivity index (χ0n) is 6.58. The molecule has 0 bridgehead atoms. The zero-order valence-corrected chi connectivity index (χ0v) is 6.58. The summed E-state index contributed by atoms with van der Waals surface area (Å²) in [5.74, 6) is -0.464. The lowest BCUT2D eigenvalue weighted by Gasteiger charge is -2.07. The second kappa shape index (κ2) is 3.62. The average Bonchev–Trinajstić information content (AvgIpc) is 2.53. The lowest BCUT2D eigenvalue weighted by Crippen LogP contribution is -2.22. The maximum absolute atomic E-state index is 11.3. The first kappa shape index (κ1) is 8.40. The van der Waals surface area contributed by atoms with Crippen molar-refractivity contribution in [1.29, 1.82) is 0 Å². The number of rotatable bonds is 3. The van der Waals surface area contributed by atoms with Crippen LogP contribution in [-0.2, 0) is 14.3 Å². The molecule has 2 atom stereocenters. The summed E-state index contributed by atoms with van der Waals surface area (Å²) < 4.78 is 5.04. The molecule has 0 aromatic heterocycles. The topological polar surface area (TPSA) is 43.4 Å². The van der Waals surface area contributed by atoms with E-state index in [1.54, 1.807) is 6.92 Å². The molecule has 1 fully saturated rings. The Morgan fingerprint density at radius 2 is 2.45 bits per heavy atom. The highest BCUT2D eigenvalue weighted by atomic mass is 16.5. The van der Waals surface area contributed by atoms with Gasteiger partial charge in [-0.05, 0) is 13.3 Å². The molecule has 1 saturated heterocycles. The molecule has 62 valence electrons. The second-order valence-corrected chi connectivity index (χ2v) is 2.89. The molecule has 11 heavy (non-hydrogen) atoms. The molecule has 1 aliphatic rings. The molecule has 0 aliphatic carbocycles. The van der Waals surface area contributed by atoms with Crippen LogP contribution in [-0.4, -0.2) is 25.3 Å². The molecule has 1 aliphatic heterocycles. The van der Waals surface area contributed by atoms with Crippen molar-refractivity contribution in [1.82, 2.24) is 0 Å². The molecule has 1 rings (SSSR count). The Bertz CT molecular complexity index is 159. The van der Waals surface area contributed by atoms with Crippen molar-refractivity contribution in [2.45, 2.75) is 13.3 Å². The van der Waals surface area contributed by atoms with E-state index in [4.69, 9.17) is 4.74 Å². The predicted octanol–water partition coefficient (Wildman–Crippen LogP) is 0.427. The Kier molecular flexibility index (Phi) is 2.76. The lowest BCUT2D eigenvalue weighted by atomic mass is 9.95. The molecular formula is C8H12O3. The molecule has 2 unspecified atom stereocenters. The minimum absolute atomic E-state index is 0.0255. The largest absolute Gasteiger partial charge is 0.381 e. The van der Waals surface area contributed by atoms with Crippen LogP contribution in [0.1, 0.15) is 13.3 Å². The summed E-state index contributed by atoms with van der Waals surface area (Å²) in [7, 11) is 0. The minimum Gasteiger partial charge on any atom is -0.381 e. The summed E-state index contributed by atoms with van der Waals surface area (Å²) in [4.78, 5) is 21.5. The molecule has 0 aromatic carbocycles. The summed E-state index contributed by atoms with van der Waals surface area (Å²) in [5.41, 5.74) is 0. The van der Waals surface area contributed by atoms with E-state index in [2.05, 4.69) is 0 Å². The Balaban J connectivity index is 2.45. The SMILES string of the molecule is CC(C=O)C(=O)C1CCOC1. The van der Waals surface area contributed by atoms with Crippen molar-refractivity contribution in [3.63, 3.8) is 0 Å². The van der Waals surface area contributed by atoms with Crippen LogP contribution in [0.25, 0.3) is 0 Å². The number of carbonyl (C=O) groups is 2. The van der Waals surface area contributed by atoms with Gasteiger partial charge in [0.05, 0.1) is 12.5 Å². The summed E-state index contributed by atoms with van der Waals surface area (Å²) in [5, 5.41) is 0. The van der Waals surface area contributed by atoms with Gasteiger partial charge in [0, 0.05) is 12.5 Å². The Labute approximate surface area is 65.7 Å². The van der Waals surface area contributed by atoms with Gasteiger partial charge in [-0.25, -0.2) is 0 Å². The monoisotopic (exact) mass is 156 g/mol. The van der Waals surface area contributed by atoms with Crippen molar-refractivity contribution >= 4 is 12.1 Å². The highest BCUT2D eigenvalue weighted by Crippen LogP contribution is 2.16. The smallest absolute Gasteiger partial charge is 0.148 e. The van der Waals surface area contributed by atoms with Crippen molar-refractivity contribution in [2.75, 3.05) is 13.2 Å². The lowest BCUT2D eigenvalue weighted by molar-refractivity contribution is -0.129. The first-order chi connectivity index (χ1) is 5.25. The van der Waals surface area contributed by atoms with E-state index in [0.29, 0.717) is 19.5 Å². The number of carbonyl (C=O) groups excluding carboxylic acids is 2. The van der Waals surface area contributed by atoms with Crippen LogP contribution in [0, 0.1) is 11.8 Å². The molecule has 3 heteroatoms. The third kappa shape index (κ3) is 1.87. The van der Waals surface area contributed by atoms with E-state index < -0.39 is 5.92 Å². The quantitative estimate of drug-likeness (QED) is 0.439. The van der Waals surface area contributed by atoms with Crippen molar-refractivity contribution in [3.8, 4) is 0 Å². The first-order valence-corrected chi connectivity index (χ1v) is 3.82. The van der Waals surface area contributed by atoms with E-state index in [1.165, 1.54) is 0 Å². The second-order valence-electron chi connectivity index (χ2n) is 2.89. The van der Waals surface area contributed by atoms with Crippen LogP contribution in [0.3, 0.4) is 0 Å². The number of ether oxygens (including phenoxy) is 1. The van der Waals surface area contributed by atoms with Crippen LogP contribution in [0.15, 0.2) is 0 Å². The van der Waals surface area contributed by atoms with Gasteiger partial charge < -0.3 is 9.53 Å². The Morgan fingerprint density at radius 1 is 1.73 bits per heavy atom. The number of hydrogen-bond acceptors (Lipinski definition) is 3. The Hall–Kier alpha value is -0.700. The molecule has 0 amide bonds. The number of aldehydes is 1. The van der Waals surface area contributed by atoms with Gasteiger partial charge >= 0.3 is 0 Å². The standard InChI is InChI=1S/C8H12O3/c1-6(4-9)8(10)7-2-3-11-5-7/h4,6-7H,2-3,5H2,1H3. The van der Waals surface area contributed by atoms with Gasteiger partial charge in [-0.3, -0.25) is 4.79 Å². The van der Waals surface area contributed by atoms with Crippen LogP contribution in [0.4, 0.5) is 0 Å². The average molecular weight is 156 g/mol.